The highest BCUT2D eigenvalue weighted by molar-refractivity contribution is 5.28. The SMILES string of the molecule is CC(CNCc1cc(C#N)n(C)c1)c1ccccc1. The predicted molar refractivity (Wildman–Crippen MR) is 76.7 cm³/mol. The van der Waals surface area contributed by atoms with Gasteiger partial charge in [0.15, 0.2) is 0 Å². The number of aromatic nitrogens is 1. The Morgan fingerprint density at radius 2 is 2.05 bits per heavy atom. The Labute approximate surface area is 114 Å². The summed E-state index contributed by atoms with van der Waals surface area (Å²) in [6, 6.07) is 14.6. The summed E-state index contributed by atoms with van der Waals surface area (Å²) in [5, 5.41) is 12.3. The number of hydrogen-bond acceptors (Lipinski definition) is 2. The Morgan fingerprint density at radius 1 is 1.32 bits per heavy atom. The maximum atomic E-state index is 8.90. The molecule has 0 saturated heterocycles. The van der Waals surface area contributed by atoms with Crippen molar-refractivity contribution in [3.8, 4) is 6.07 Å². The average Bonchev–Trinajstić information content (AvgIpc) is 2.80. The maximum absolute atomic E-state index is 8.90. The summed E-state index contributed by atoms with van der Waals surface area (Å²) >= 11 is 0. The summed E-state index contributed by atoms with van der Waals surface area (Å²) < 4.78 is 1.86. The van der Waals surface area contributed by atoms with E-state index in [1.165, 1.54) is 5.56 Å². The first-order valence-electron chi connectivity index (χ1n) is 6.51. The lowest BCUT2D eigenvalue weighted by atomic mass is 10.0. The quantitative estimate of drug-likeness (QED) is 0.890. The molecule has 1 aromatic heterocycles. The molecule has 0 fully saturated rings. The minimum atomic E-state index is 0.486. The van der Waals surface area contributed by atoms with Gasteiger partial charge >= 0.3 is 0 Å². The van der Waals surface area contributed by atoms with Crippen LogP contribution in [0.3, 0.4) is 0 Å². The van der Waals surface area contributed by atoms with Crippen molar-refractivity contribution in [2.75, 3.05) is 6.54 Å². The smallest absolute Gasteiger partial charge is 0.120 e. The second-order valence-electron chi connectivity index (χ2n) is 4.90. The van der Waals surface area contributed by atoms with Gasteiger partial charge in [-0.3, -0.25) is 0 Å². The molecule has 0 saturated carbocycles. The van der Waals surface area contributed by atoms with Crippen LogP contribution in [0.15, 0.2) is 42.6 Å². The van der Waals surface area contributed by atoms with Gasteiger partial charge in [-0.2, -0.15) is 5.26 Å². The lowest BCUT2D eigenvalue weighted by Gasteiger charge is -2.12. The number of hydrogen-bond donors (Lipinski definition) is 1. The predicted octanol–water partition coefficient (Wildman–Crippen LogP) is 2.79. The zero-order valence-corrected chi connectivity index (χ0v) is 11.4. The molecule has 0 spiro atoms. The van der Waals surface area contributed by atoms with Gasteiger partial charge in [-0.25, -0.2) is 0 Å². The standard InChI is InChI=1S/C16H19N3/c1-13(15-6-4-3-5-7-15)10-18-11-14-8-16(9-17)19(2)12-14/h3-8,12-13,18H,10-11H2,1-2H3. The Hall–Kier alpha value is -2.05. The Kier molecular flexibility index (Phi) is 4.38. The van der Waals surface area contributed by atoms with Crippen LogP contribution in [-0.2, 0) is 13.6 Å². The van der Waals surface area contributed by atoms with Crippen molar-refractivity contribution in [2.24, 2.45) is 7.05 Å². The molecule has 3 nitrogen and oxygen atoms in total. The first kappa shape index (κ1) is 13.4. The molecule has 1 N–H and O–H groups in total. The maximum Gasteiger partial charge on any atom is 0.120 e. The number of benzene rings is 1. The molecular formula is C16H19N3. The Bertz CT molecular complexity index is 563. The van der Waals surface area contributed by atoms with E-state index in [0.717, 1.165) is 18.7 Å². The van der Waals surface area contributed by atoms with Crippen molar-refractivity contribution in [1.29, 1.82) is 5.26 Å². The van der Waals surface area contributed by atoms with Gasteiger partial charge in [-0.05, 0) is 23.1 Å². The molecule has 2 aromatic rings. The third-order valence-electron chi connectivity index (χ3n) is 3.32. The molecule has 98 valence electrons. The second-order valence-corrected chi connectivity index (χ2v) is 4.90. The lowest BCUT2D eigenvalue weighted by Crippen LogP contribution is -2.19. The van der Waals surface area contributed by atoms with Crippen LogP contribution in [-0.4, -0.2) is 11.1 Å². The molecule has 1 heterocycles. The van der Waals surface area contributed by atoms with E-state index in [2.05, 4.69) is 42.6 Å². The molecule has 1 aromatic carbocycles. The van der Waals surface area contributed by atoms with Crippen LogP contribution in [0.5, 0.6) is 0 Å². The summed E-state index contributed by atoms with van der Waals surface area (Å²) in [5.74, 6) is 0.486. The van der Waals surface area contributed by atoms with Gasteiger partial charge in [-0.1, -0.05) is 37.3 Å². The van der Waals surface area contributed by atoms with E-state index in [1.807, 2.05) is 29.9 Å². The van der Waals surface area contributed by atoms with Crippen molar-refractivity contribution >= 4 is 0 Å². The highest BCUT2D eigenvalue weighted by Crippen LogP contribution is 2.13. The first-order chi connectivity index (χ1) is 9.20. The summed E-state index contributed by atoms with van der Waals surface area (Å²) in [6.45, 7) is 3.95. The zero-order valence-electron chi connectivity index (χ0n) is 11.4. The van der Waals surface area contributed by atoms with Gasteiger partial charge < -0.3 is 9.88 Å². The number of nitriles is 1. The van der Waals surface area contributed by atoms with Crippen LogP contribution in [0.2, 0.25) is 0 Å². The molecule has 19 heavy (non-hydrogen) atoms. The fraction of sp³-hybridized carbons (Fsp3) is 0.312. The van der Waals surface area contributed by atoms with Gasteiger partial charge in [0, 0.05) is 26.3 Å². The largest absolute Gasteiger partial charge is 0.342 e. The molecule has 3 heteroatoms. The fourth-order valence-corrected chi connectivity index (χ4v) is 2.17. The number of rotatable bonds is 5. The fourth-order valence-electron chi connectivity index (χ4n) is 2.17. The zero-order chi connectivity index (χ0) is 13.7. The second kappa shape index (κ2) is 6.21. The summed E-state index contributed by atoms with van der Waals surface area (Å²) in [7, 11) is 1.90. The van der Waals surface area contributed by atoms with Gasteiger partial charge in [-0.15, -0.1) is 0 Å². The lowest BCUT2D eigenvalue weighted by molar-refractivity contribution is 0.615. The van der Waals surface area contributed by atoms with Crippen molar-refractivity contribution in [1.82, 2.24) is 9.88 Å². The summed E-state index contributed by atoms with van der Waals surface area (Å²) in [4.78, 5) is 0. The van der Waals surface area contributed by atoms with Crippen LogP contribution in [0.1, 0.15) is 29.7 Å². The van der Waals surface area contributed by atoms with Gasteiger partial charge in [0.1, 0.15) is 11.8 Å². The topological polar surface area (TPSA) is 40.8 Å². The van der Waals surface area contributed by atoms with Crippen LogP contribution in [0.25, 0.3) is 0 Å². The monoisotopic (exact) mass is 253 g/mol. The van der Waals surface area contributed by atoms with Crippen molar-refractivity contribution in [3.63, 3.8) is 0 Å². The highest BCUT2D eigenvalue weighted by atomic mass is 14.9. The molecular weight excluding hydrogens is 234 g/mol. The average molecular weight is 253 g/mol. The van der Waals surface area contributed by atoms with E-state index in [9.17, 15) is 0 Å². The number of nitrogens with zero attached hydrogens (tertiary/aromatic N) is 2. The Morgan fingerprint density at radius 3 is 2.68 bits per heavy atom. The van der Waals surface area contributed by atoms with E-state index < -0.39 is 0 Å². The van der Waals surface area contributed by atoms with E-state index in [0.29, 0.717) is 11.6 Å². The molecule has 0 radical (unpaired) electrons. The van der Waals surface area contributed by atoms with Gasteiger partial charge in [0.25, 0.3) is 0 Å². The Balaban J connectivity index is 1.85. The normalized spacial score (nSPS) is 12.1. The molecule has 0 aliphatic carbocycles. The molecule has 0 bridgehead atoms. The highest BCUT2D eigenvalue weighted by Gasteiger charge is 2.05. The third kappa shape index (κ3) is 3.46. The molecule has 0 aliphatic heterocycles. The first-order valence-corrected chi connectivity index (χ1v) is 6.51. The van der Waals surface area contributed by atoms with Gasteiger partial charge in [0.05, 0.1) is 0 Å². The minimum Gasteiger partial charge on any atom is -0.342 e. The van der Waals surface area contributed by atoms with Crippen LogP contribution in [0.4, 0.5) is 0 Å². The van der Waals surface area contributed by atoms with E-state index in [-0.39, 0.29) is 0 Å². The summed E-state index contributed by atoms with van der Waals surface area (Å²) in [6.07, 6.45) is 2.00. The number of aryl methyl sites for hydroxylation is 1. The van der Waals surface area contributed by atoms with E-state index in [1.54, 1.807) is 0 Å². The van der Waals surface area contributed by atoms with Gasteiger partial charge in [0.2, 0.25) is 0 Å². The van der Waals surface area contributed by atoms with E-state index in [4.69, 9.17) is 5.26 Å². The van der Waals surface area contributed by atoms with Crippen molar-refractivity contribution < 1.29 is 0 Å². The minimum absolute atomic E-state index is 0.486. The van der Waals surface area contributed by atoms with Crippen LogP contribution < -0.4 is 5.32 Å². The molecule has 0 amide bonds. The summed E-state index contributed by atoms with van der Waals surface area (Å²) in [5.41, 5.74) is 3.20. The van der Waals surface area contributed by atoms with Crippen LogP contribution >= 0.6 is 0 Å². The molecule has 0 aliphatic rings. The van der Waals surface area contributed by atoms with E-state index >= 15 is 0 Å². The van der Waals surface area contributed by atoms with Crippen molar-refractivity contribution in [2.45, 2.75) is 19.4 Å². The molecule has 2 rings (SSSR count). The van der Waals surface area contributed by atoms with Crippen molar-refractivity contribution in [3.05, 3.63) is 59.4 Å². The molecule has 1 atom stereocenters. The van der Waals surface area contributed by atoms with Crippen LogP contribution in [0, 0.1) is 11.3 Å². The third-order valence-corrected chi connectivity index (χ3v) is 3.32. The number of nitrogens with one attached hydrogen (secondary N) is 1. The molecule has 1 unspecified atom stereocenters.